The molecule has 0 aliphatic heterocycles. The molecule has 0 aliphatic carbocycles. The first-order valence-electron chi connectivity index (χ1n) is 4.30. The highest BCUT2D eigenvalue weighted by Gasteiger charge is 2.10. The fraction of sp³-hybridized carbons (Fsp3) is 0.100. The highest BCUT2D eigenvalue weighted by molar-refractivity contribution is 5.37. The lowest BCUT2D eigenvalue weighted by Gasteiger charge is -1.88. The second kappa shape index (κ2) is 3.41. The lowest BCUT2D eigenvalue weighted by molar-refractivity contribution is -0.733. The van der Waals surface area contributed by atoms with Gasteiger partial charge in [-0.3, -0.25) is 4.98 Å². The second-order valence-electron chi connectivity index (χ2n) is 2.92. The molecule has 0 unspecified atom stereocenters. The van der Waals surface area contributed by atoms with Gasteiger partial charge in [-0.2, -0.15) is 0 Å². The van der Waals surface area contributed by atoms with Crippen LogP contribution < -0.4 is 4.68 Å². The summed E-state index contributed by atoms with van der Waals surface area (Å²) in [5.74, 6) is 0. The summed E-state index contributed by atoms with van der Waals surface area (Å²) < 4.78 is 3.56. The first-order valence-corrected chi connectivity index (χ1v) is 4.30. The van der Waals surface area contributed by atoms with E-state index < -0.39 is 0 Å². The number of nitrogens with zero attached hydrogens (tertiary/aromatic N) is 4. The quantitative estimate of drug-likeness (QED) is 0.650. The van der Waals surface area contributed by atoms with Crippen molar-refractivity contribution in [3.8, 4) is 5.69 Å². The van der Waals surface area contributed by atoms with Gasteiger partial charge in [0.1, 0.15) is 7.05 Å². The minimum atomic E-state index is 0.974. The molecule has 0 aromatic carbocycles. The van der Waals surface area contributed by atoms with Crippen LogP contribution in [0.5, 0.6) is 0 Å². The third-order valence-electron chi connectivity index (χ3n) is 2.00. The summed E-state index contributed by atoms with van der Waals surface area (Å²) in [6, 6.07) is 3.81. The van der Waals surface area contributed by atoms with Gasteiger partial charge >= 0.3 is 0 Å². The summed E-state index contributed by atoms with van der Waals surface area (Å²) in [7, 11) is 1.88. The first kappa shape index (κ1) is 8.62. The van der Waals surface area contributed by atoms with Crippen molar-refractivity contribution in [2.75, 3.05) is 0 Å². The molecule has 0 aliphatic rings. The topological polar surface area (TPSA) is 34.6 Å². The van der Waals surface area contributed by atoms with Crippen LogP contribution in [-0.4, -0.2) is 14.9 Å². The molecule has 0 bridgehead atoms. The first-order chi connectivity index (χ1) is 6.81. The maximum Gasteiger partial charge on any atom is 0.190 e. The van der Waals surface area contributed by atoms with E-state index in [4.69, 9.17) is 0 Å². The smallest absolute Gasteiger partial charge is 0.190 e. The van der Waals surface area contributed by atoms with Crippen LogP contribution in [0, 0.1) is 0 Å². The fourth-order valence-corrected chi connectivity index (χ4v) is 1.24. The van der Waals surface area contributed by atoms with Crippen molar-refractivity contribution in [2.45, 2.75) is 0 Å². The van der Waals surface area contributed by atoms with Crippen molar-refractivity contribution in [3.63, 3.8) is 0 Å². The molecule has 2 aromatic heterocycles. The molecular weight excluding hydrogens is 176 g/mol. The lowest BCUT2D eigenvalue weighted by Crippen LogP contribution is -2.33. The Morgan fingerprint density at radius 1 is 1.43 bits per heavy atom. The van der Waals surface area contributed by atoms with Gasteiger partial charge in [-0.25, -0.2) is 0 Å². The van der Waals surface area contributed by atoms with Crippen LogP contribution in [0.1, 0.15) is 5.69 Å². The Morgan fingerprint density at radius 3 is 2.71 bits per heavy atom. The molecule has 0 fully saturated rings. The Morgan fingerprint density at radius 2 is 2.14 bits per heavy atom. The van der Waals surface area contributed by atoms with Crippen LogP contribution in [0.2, 0.25) is 0 Å². The van der Waals surface area contributed by atoms with E-state index in [1.807, 2.05) is 25.4 Å². The Balaban J connectivity index is 2.48. The molecule has 70 valence electrons. The number of aryl methyl sites for hydroxylation is 1. The van der Waals surface area contributed by atoms with Gasteiger partial charge in [0.25, 0.3) is 0 Å². The molecule has 14 heavy (non-hydrogen) atoms. The standard InChI is InChI=1S/C10H11N4/c1-3-9-8-14(12-13(9)2)10-4-6-11-7-5-10/h3-8H,1H2,2H3/q+1. The molecule has 0 radical (unpaired) electrons. The lowest BCUT2D eigenvalue weighted by atomic mass is 10.4. The Labute approximate surface area is 82.1 Å². The number of hydrogen-bond acceptors (Lipinski definition) is 2. The van der Waals surface area contributed by atoms with E-state index in [2.05, 4.69) is 16.8 Å². The molecule has 0 N–H and O–H groups in total. The molecule has 4 nitrogen and oxygen atoms in total. The minimum absolute atomic E-state index is 0.974. The highest BCUT2D eigenvalue weighted by atomic mass is 15.5. The molecule has 0 amide bonds. The Hall–Kier alpha value is -1.97. The van der Waals surface area contributed by atoms with Crippen LogP contribution in [0.3, 0.4) is 0 Å². The van der Waals surface area contributed by atoms with Crippen LogP contribution in [0.25, 0.3) is 11.8 Å². The summed E-state index contributed by atoms with van der Waals surface area (Å²) in [5.41, 5.74) is 1.96. The number of rotatable bonds is 2. The highest BCUT2D eigenvalue weighted by Crippen LogP contribution is 2.03. The predicted octanol–water partition coefficient (Wildman–Crippen LogP) is 0.735. The van der Waals surface area contributed by atoms with Crippen molar-refractivity contribution in [1.82, 2.24) is 14.9 Å². The third kappa shape index (κ3) is 1.42. The van der Waals surface area contributed by atoms with Gasteiger partial charge in [-0.1, -0.05) is 6.58 Å². The summed E-state index contributed by atoms with van der Waals surface area (Å²) in [5, 5.41) is 4.29. The molecule has 2 aromatic rings. The molecule has 0 atom stereocenters. The molecular formula is C10H11N4+. The molecule has 0 saturated carbocycles. The average molecular weight is 187 g/mol. The van der Waals surface area contributed by atoms with Gasteiger partial charge in [-0.15, -0.1) is 9.36 Å². The SMILES string of the molecule is C=Cc1cn(-c2ccncc2)n[n+]1C. The molecule has 0 saturated heterocycles. The number of aromatic nitrogens is 4. The van der Waals surface area contributed by atoms with Gasteiger partial charge in [0.15, 0.2) is 17.6 Å². The van der Waals surface area contributed by atoms with Crippen molar-refractivity contribution in [3.05, 3.63) is 43.0 Å². The average Bonchev–Trinajstić information content (AvgIpc) is 2.61. The zero-order chi connectivity index (χ0) is 9.97. The van der Waals surface area contributed by atoms with E-state index in [1.165, 1.54) is 0 Å². The molecule has 0 spiro atoms. The maximum atomic E-state index is 4.29. The van der Waals surface area contributed by atoms with Crippen molar-refractivity contribution in [1.29, 1.82) is 0 Å². The van der Waals surface area contributed by atoms with Crippen molar-refractivity contribution in [2.24, 2.45) is 7.05 Å². The largest absolute Gasteiger partial charge is 0.264 e. The van der Waals surface area contributed by atoms with Crippen molar-refractivity contribution >= 4 is 6.08 Å². The van der Waals surface area contributed by atoms with Gasteiger partial charge in [0, 0.05) is 24.5 Å². The summed E-state index contributed by atoms with van der Waals surface area (Å²) in [6.45, 7) is 3.71. The predicted molar refractivity (Wildman–Crippen MR) is 52.6 cm³/mol. The van der Waals surface area contributed by atoms with Crippen LogP contribution in [0.15, 0.2) is 37.3 Å². The van der Waals surface area contributed by atoms with Gasteiger partial charge < -0.3 is 0 Å². The normalized spacial score (nSPS) is 10.1. The maximum absolute atomic E-state index is 4.29. The van der Waals surface area contributed by atoms with E-state index in [1.54, 1.807) is 27.8 Å². The van der Waals surface area contributed by atoms with Crippen molar-refractivity contribution < 1.29 is 4.68 Å². The number of hydrogen-bond donors (Lipinski definition) is 0. The van der Waals surface area contributed by atoms with E-state index >= 15 is 0 Å². The van der Waals surface area contributed by atoms with Gasteiger partial charge in [-0.05, 0) is 6.08 Å². The summed E-state index contributed by atoms with van der Waals surface area (Å²) >= 11 is 0. The van der Waals surface area contributed by atoms with Gasteiger partial charge in [0.05, 0.1) is 5.21 Å². The monoisotopic (exact) mass is 187 g/mol. The minimum Gasteiger partial charge on any atom is -0.264 e. The molecule has 4 heteroatoms. The van der Waals surface area contributed by atoms with Crippen LogP contribution in [0.4, 0.5) is 0 Å². The summed E-state index contributed by atoms with van der Waals surface area (Å²) in [4.78, 5) is 3.95. The van der Waals surface area contributed by atoms with E-state index in [9.17, 15) is 0 Å². The zero-order valence-corrected chi connectivity index (χ0v) is 7.96. The number of pyridine rings is 1. The van der Waals surface area contributed by atoms with Crippen LogP contribution in [-0.2, 0) is 7.05 Å². The molecule has 2 heterocycles. The molecule has 2 rings (SSSR count). The Bertz CT molecular complexity index is 444. The van der Waals surface area contributed by atoms with Gasteiger partial charge in [0.2, 0.25) is 0 Å². The van der Waals surface area contributed by atoms with E-state index in [0.29, 0.717) is 0 Å². The Kier molecular flexibility index (Phi) is 2.10. The second-order valence-corrected chi connectivity index (χ2v) is 2.92. The fourth-order valence-electron chi connectivity index (χ4n) is 1.24. The van der Waals surface area contributed by atoms with E-state index in [-0.39, 0.29) is 0 Å². The zero-order valence-electron chi connectivity index (χ0n) is 7.96. The van der Waals surface area contributed by atoms with E-state index in [0.717, 1.165) is 11.4 Å². The van der Waals surface area contributed by atoms with Crippen LogP contribution >= 0.6 is 0 Å². The summed E-state index contributed by atoms with van der Waals surface area (Å²) in [6.07, 6.45) is 7.17. The third-order valence-corrected chi connectivity index (χ3v) is 2.00.